The van der Waals surface area contributed by atoms with E-state index in [9.17, 15) is 22.0 Å². The van der Waals surface area contributed by atoms with Gasteiger partial charge in [-0.1, -0.05) is 12.2 Å². The summed E-state index contributed by atoms with van der Waals surface area (Å²) in [4.78, 5) is 10.5. The average Bonchev–Trinajstić information content (AvgIpc) is 2.38. The molecule has 1 rings (SSSR count). The Kier molecular flexibility index (Phi) is 5.88. The van der Waals surface area contributed by atoms with E-state index in [1.54, 1.807) is 0 Å². The van der Waals surface area contributed by atoms with Crippen molar-refractivity contribution in [1.82, 2.24) is 4.31 Å². The van der Waals surface area contributed by atoms with E-state index in [4.69, 9.17) is 5.11 Å². The molecule has 0 aromatic rings. The predicted molar refractivity (Wildman–Crippen MR) is 74.5 cm³/mol. The molecule has 0 aliphatic carbocycles. The quantitative estimate of drug-likeness (QED) is 0.761. The van der Waals surface area contributed by atoms with Crippen molar-refractivity contribution in [2.24, 2.45) is 5.92 Å². The molecule has 8 heteroatoms. The van der Waals surface area contributed by atoms with Gasteiger partial charge in [0.1, 0.15) is 0 Å². The van der Waals surface area contributed by atoms with Crippen LogP contribution < -0.4 is 0 Å². The van der Waals surface area contributed by atoms with Crippen LogP contribution in [0.25, 0.3) is 0 Å². The standard InChI is InChI=1S/C13H19F2NO4S/c1-3-10-11(4-2)16(21(19)20)8-9(13(10,14)15)6-5-7-12(17)18/h3-4,9,21H,5-8H2,1-2H3,(H,17,18)/b10-3+,11-4+/t9-/m0/s1. The van der Waals surface area contributed by atoms with Crippen molar-refractivity contribution in [3.8, 4) is 0 Å². The molecule has 0 saturated carbocycles. The number of carboxylic acid groups (broad SMARTS) is 1. The highest BCUT2D eigenvalue weighted by Gasteiger charge is 2.49. The van der Waals surface area contributed by atoms with Crippen LogP contribution in [0.5, 0.6) is 0 Å². The van der Waals surface area contributed by atoms with E-state index in [1.807, 2.05) is 0 Å². The number of allylic oxidation sites excluding steroid dienone is 3. The van der Waals surface area contributed by atoms with Gasteiger partial charge < -0.3 is 5.11 Å². The molecular weight excluding hydrogens is 304 g/mol. The lowest BCUT2D eigenvalue weighted by molar-refractivity contribution is -0.137. The number of rotatable bonds is 5. The normalized spacial score (nSPS) is 25.8. The highest BCUT2D eigenvalue weighted by Crippen LogP contribution is 2.44. The molecule has 0 bridgehead atoms. The van der Waals surface area contributed by atoms with Crippen LogP contribution in [-0.2, 0) is 15.7 Å². The van der Waals surface area contributed by atoms with Crippen molar-refractivity contribution in [3.63, 3.8) is 0 Å². The van der Waals surface area contributed by atoms with E-state index in [0.717, 1.165) is 4.31 Å². The lowest BCUT2D eigenvalue weighted by Gasteiger charge is -2.40. The Morgan fingerprint density at radius 1 is 1.43 bits per heavy atom. The van der Waals surface area contributed by atoms with Gasteiger partial charge >= 0.3 is 5.97 Å². The molecule has 0 aromatic heterocycles. The lowest BCUT2D eigenvalue weighted by Crippen LogP contribution is -2.47. The molecule has 1 N–H and O–H groups in total. The molecule has 0 amide bonds. The molecule has 0 radical (unpaired) electrons. The first-order valence-electron chi connectivity index (χ1n) is 6.60. The van der Waals surface area contributed by atoms with Crippen LogP contribution in [0.1, 0.15) is 33.1 Å². The number of hydrogen-bond donors (Lipinski definition) is 2. The van der Waals surface area contributed by atoms with E-state index in [-0.39, 0.29) is 37.1 Å². The molecular formula is C13H19F2NO4S. The molecule has 120 valence electrons. The zero-order chi connectivity index (χ0) is 16.2. The summed E-state index contributed by atoms with van der Waals surface area (Å²) >= 11 is 0. The number of hydrogen-bond acceptors (Lipinski definition) is 3. The maximum atomic E-state index is 14.5. The number of carboxylic acids is 1. The van der Waals surface area contributed by atoms with E-state index >= 15 is 0 Å². The molecule has 5 nitrogen and oxygen atoms in total. The highest BCUT2D eigenvalue weighted by atomic mass is 32.2. The largest absolute Gasteiger partial charge is 0.481 e. The third-order valence-electron chi connectivity index (χ3n) is 3.52. The van der Waals surface area contributed by atoms with Crippen molar-refractivity contribution in [2.45, 2.75) is 39.0 Å². The van der Waals surface area contributed by atoms with Crippen LogP contribution >= 0.6 is 0 Å². The SMILES string of the molecule is C/C=C1\C(=C/C)C(F)(F)[C@@H](CCCC(=O)O)CN1[SH](=O)=O. The molecule has 0 unspecified atom stereocenters. The first-order valence-corrected chi connectivity index (χ1v) is 7.73. The Balaban J connectivity index is 3.07. The minimum Gasteiger partial charge on any atom is -0.481 e. The smallest absolute Gasteiger partial charge is 0.303 e. The van der Waals surface area contributed by atoms with Gasteiger partial charge in [0, 0.05) is 24.5 Å². The summed E-state index contributed by atoms with van der Waals surface area (Å²) in [5.41, 5.74) is -0.330. The summed E-state index contributed by atoms with van der Waals surface area (Å²) in [6.45, 7) is 2.61. The van der Waals surface area contributed by atoms with Gasteiger partial charge in [-0.3, -0.25) is 9.10 Å². The van der Waals surface area contributed by atoms with Gasteiger partial charge in [0.05, 0.1) is 5.70 Å². The van der Waals surface area contributed by atoms with Gasteiger partial charge in [-0.25, -0.2) is 17.2 Å². The van der Waals surface area contributed by atoms with Crippen molar-refractivity contribution in [3.05, 3.63) is 23.4 Å². The molecule has 1 aliphatic rings. The summed E-state index contributed by atoms with van der Waals surface area (Å²) in [5, 5.41) is 8.58. The van der Waals surface area contributed by atoms with Gasteiger partial charge in [-0.15, -0.1) is 0 Å². The first-order chi connectivity index (χ1) is 9.75. The van der Waals surface area contributed by atoms with E-state index in [0.29, 0.717) is 0 Å². The van der Waals surface area contributed by atoms with Crippen LogP contribution in [0.2, 0.25) is 0 Å². The Morgan fingerprint density at radius 3 is 2.48 bits per heavy atom. The second kappa shape index (κ2) is 7.02. The zero-order valence-corrected chi connectivity index (χ0v) is 12.8. The third kappa shape index (κ3) is 3.81. The van der Waals surface area contributed by atoms with Gasteiger partial charge in [0.2, 0.25) is 10.9 Å². The minimum atomic E-state index is -3.17. The fourth-order valence-corrected chi connectivity index (χ4v) is 3.25. The fraction of sp³-hybridized carbons (Fsp3) is 0.615. The minimum absolute atomic E-state index is 0.00639. The second-order valence-corrected chi connectivity index (χ2v) is 5.76. The number of thiol groups is 1. The van der Waals surface area contributed by atoms with Crippen molar-refractivity contribution < 1.29 is 27.1 Å². The number of nitrogens with zero attached hydrogens (tertiary/aromatic N) is 1. The Hall–Kier alpha value is -1.44. The average molecular weight is 323 g/mol. The number of aliphatic carboxylic acids is 1. The zero-order valence-electron chi connectivity index (χ0n) is 11.9. The predicted octanol–water partition coefficient (Wildman–Crippen LogP) is 2.18. The number of piperidine rings is 1. The monoisotopic (exact) mass is 323 g/mol. The molecule has 1 heterocycles. The number of halogens is 2. The van der Waals surface area contributed by atoms with Crippen LogP contribution in [0.4, 0.5) is 8.78 Å². The Bertz CT molecular complexity index is 532. The Morgan fingerprint density at radius 2 is 2.05 bits per heavy atom. The number of carbonyl (C=O) groups is 1. The van der Waals surface area contributed by atoms with Crippen molar-refractivity contribution in [2.75, 3.05) is 6.54 Å². The Labute approximate surface area is 124 Å². The fourth-order valence-electron chi connectivity index (χ4n) is 2.52. The van der Waals surface area contributed by atoms with Gasteiger partial charge in [0.15, 0.2) is 0 Å². The van der Waals surface area contributed by atoms with Gasteiger partial charge in [0.25, 0.3) is 5.92 Å². The highest BCUT2D eigenvalue weighted by molar-refractivity contribution is 7.70. The van der Waals surface area contributed by atoms with Crippen LogP contribution in [0.3, 0.4) is 0 Å². The van der Waals surface area contributed by atoms with E-state index in [2.05, 4.69) is 0 Å². The summed E-state index contributed by atoms with van der Waals surface area (Å²) in [6, 6.07) is 0. The molecule has 1 atom stereocenters. The van der Waals surface area contributed by atoms with Crippen LogP contribution in [-0.4, -0.2) is 36.3 Å². The molecule has 1 aliphatic heterocycles. The summed E-state index contributed by atoms with van der Waals surface area (Å²) in [7, 11) is -3.02. The van der Waals surface area contributed by atoms with Gasteiger partial charge in [-0.2, -0.15) is 0 Å². The van der Waals surface area contributed by atoms with Crippen LogP contribution in [0, 0.1) is 5.92 Å². The van der Waals surface area contributed by atoms with E-state index < -0.39 is 28.7 Å². The van der Waals surface area contributed by atoms with Crippen molar-refractivity contribution >= 4 is 16.9 Å². The van der Waals surface area contributed by atoms with Gasteiger partial charge in [-0.05, 0) is 26.7 Å². The lowest BCUT2D eigenvalue weighted by atomic mass is 9.84. The van der Waals surface area contributed by atoms with Crippen LogP contribution in [0.15, 0.2) is 23.4 Å². The van der Waals surface area contributed by atoms with Crippen molar-refractivity contribution in [1.29, 1.82) is 0 Å². The number of alkyl halides is 2. The molecule has 21 heavy (non-hydrogen) atoms. The maximum Gasteiger partial charge on any atom is 0.303 e. The summed E-state index contributed by atoms with van der Waals surface area (Å²) in [5.74, 6) is -5.45. The first kappa shape index (κ1) is 17.6. The third-order valence-corrected chi connectivity index (χ3v) is 4.29. The van der Waals surface area contributed by atoms with E-state index in [1.165, 1.54) is 26.0 Å². The molecule has 0 spiro atoms. The summed E-state index contributed by atoms with van der Waals surface area (Å²) in [6.07, 6.45) is 2.39. The maximum absolute atomic E-state index is 14.5. The summed E-state index contributed by atoms with van der Waals surface area (Å²) < 4.78 is 52.4. The molecule has 0 aromatic carbocycles. The molecule has 1 fully saturated rings. The topological polar surface area (TPSA) is 74.7 Å². The second-order valence-electron chi connectivity index (χ2n) is 4.80. The molecule has 1 saturated heterocycles.